The highest BCUT2D eigenvalue weighted by molar-refractivity contribution is 5.79. The standard InChI is InChI=1S/C20H22N4O2/c1-15-21-18-7-3-2-6-17(18)20(26)24(15)14-19(25)23-12-8-16(9-13-23)22-10-4-5-11-22/h2-7,10-11,16H,8-9,12-14H2,1H3. The number of hydrogen-bond acceptors (Lipinski definition) is 3. The van der Waals surface area contributed by atoms with E-state index in [0.29, 0.717) is 22.8 Å². The molecule has 1 amide bonds. The molecule has 3 aromatic rings. The molecule has 0 aliphatic carbocycles. The second-order valence-electron chi connectivity index (χ2n) is 6.81. The van der Waals surface area contributed by atoms with Crippen LogP contribution in [0.4, 0.5) is 0 Å². The summed E-state index contributed by atoms with van der Waals surface area (Å²) < 4.78 is 3.70. The maximum atomic E-state index is 12.7. The molecule has 6 heteroatoms. The highest BCUT2D eigenvalue weighted by Crippen LogP contribution is 2.22. The number of benzene rings is 1. The minimum atomic E-state index is -0.149. The predicted octanol–water partition coefficient (Wildman–Crippen LogP) is 2.37. The van der Waals surface area contributed by atoms with Crippen molar-refractivity contribution < 1.29 is 4.79 Å². The summed E-state index contributed by atoms with van der Waals surface area (Å²) in [5, 5.41) is 0.553. The second kappa shape index (κ2) is 6.78. The normalized spacial score (nSPS) is 15.5. The molecule has 1 aliphatic rings. The predicted molar refractivity (Wildman–Crippen MR) is 100 cm³/mol. The molecule has 2 aromatic heterocycles. The van der Waals surface area contributed by atoms with Crippen LogP contribution in [0.1, 0.15) is 24.7 Å². The molecule has 1 aliphatic heterocycles. The maximum Gasteiger partial charge on any atom is 0.261 e. The van der Waals surface area contributed by atoms with Gasteiger partial charge in [0.2, 0.25) is 5.91 Å². The number of rotatable bonds is 3. The van der Waals surface area contributed by atoms with Crippen molar-refractivity contribution in [3.05, 3.63) is 65.0 Å². The molecule has 4 rings (SSSR count). The van der Waals surface area contributed by atoms with Gasteiger partial charge in [-0.2, -0.15) is 0 Å². The van der Waals surface area contributed by atoms with E-state index in [4.69, 9.17) is 0 Å². The van der Waals surface area contributed by atoms with Gasteiger partial charge in [-0.15, -0.1) is 0 Å². The van der Waals surface area contributed by atoms with Crippen LogP contribution < -0.4 is 5.56 Å². The van der Waals surface area contributed by atoms with Crippen LogP contribution in [0.3, 0.4) is 0 Å². The monoisotopic (exact) mass is 350 g/mol. The fourth-order valence-corrected chi connectivity index (χ4v) is 3.71. The Morgan fingerprint density at radius 1 is 1.12 bits per heavy atom. The van der Waals surface area contributed by atoms with Crippen LogP contribution in [0.25, 0.3) is 10.9 Å². The van der Waals surface area contributed by atoms with Crippen LogP contribution >= 0.6 is 0 Å². The Bertz CT molecular complexity index is 983. The highest BCUT2D eigenvalue weighted by atomic mass is 16.2. The van der Waals surface area contributed by atoms with Crippen molar-refractivity contribution >= 4 is 16.8 Å². The lowest BCUT2D eigenvalue weighted by atomic mass is 10.0. The highest BCUT2D eigenvalue weighted by Gasteiger charge is 2.24. The van der Waals surface area contributed by atoms with E-state index in [9.17, 15) is 9.59 Å². The molecule has 0 atom stereocenters. The van der Waals surface area contributed by atoms with Gasteiger partial charge in [-0.3, -0.25) is 14.2 Å². The number of fused-ring (bicyclic) bond motifs is 1. The molecule has 0 bridgehead atoms. The Labute approximate surface area is 151 Å². The summed E-state index contributed by atoms with van der Waals surface area (Å²) >= 11 is 0. The van der Waals surface area contributed by atoms with Crippen molar-refractivity contribution in [1.29, 1.82) is 0 Å². The molecule has 0 radical (unpaired) electrons. The zero-order valence-electron chi connectivity index (χ0n) is 14.8. The summed E-state index contributed by atoms with van der Waals surface area (Å²) in [6, 6.07) is 11.8. The Morgan fingerprint density at radius 2 is 1.81 bits per heavy atom. The number of hydrogen-bond donors (Lipinski definition) is 0. The summed E-state index contributed by atoms with van der Waals surface area (Å²) in [7, 11) is 0. The topological polar surface area (TPSA) is 60.1 Å². The molecule has 1 fully saturated rings. The average molecular weight is 350 g/mol. The number of carbonyl (C=O) groups excluding carboxylic acids is 1. The van der Waals surface area contributed by atoms with Crippen LogP contribution in [0.15, 0.2) is 53.6 Å². The summed E-state index contributed by atoms with van der Waals surface area (Å²) in [5.74, 6) is 0.558. The summed E-state index contributed by atoms with van der Waals surface area (Å²) in [5.41, 5.74) is 0.523. The van der Waals surface area contributed by atoms with Gasteiger partial charge >= 0.3 is 0 Å². The molecular weight excluding hydrogens is 328 g/mol. The van der Waals surface area contributed by atoms with Gasteiger partial charge in [-0.1, -0.05) is 12.1 Å². The van der Waals surface area contributed by atoms with Crippen LogP contribution in [0.5, 0.6) is 0 Å². The zero-order chi connectivity index (χ0) is 18.1. The Balaban J connectivity index is 1.49. The number of aromatic nitrogens is 3. The number of likely N-dealkylation sites (tertiary alicyclic amines) is 1. The van der Waals surface area contributed by atoms with Crippen molar-refractivity contribution in [1.82, 2.24) is 19.0 Å². The number of carbonyl (C=O) groups is 1. The summed E-state index contributed by atoms with van der Waals surface area (Å²) in [4.78, 5) is 31.8. The average Bonchev–Trinajstić information content (AvgIpc) is 3.20. The third-order valence-corrected chi connectivity index (χ3v) is 5.21. The van der Waals surface area contributed by atoms with Crippen molar-refractivity contribution in [2.75, 3.05) is 13.1 Å². The largest absolute Gasteiger partial charge is 0.351 e. The summed E-state index contributed by atoms with van der Waals surface area (Å²) in [6.45, 7) is 3.27. The van der Waals surface area contributed by atoms with Gasteiger partial charge in [-0.25, -0.2) is 4.98 Å². The lowest BCUT2D eigenvalue weighted by molar-refractivity contribution is -0.133. The lowest BCUT2D eigenvalue weighted by Gasteiger charge is -2.33. The van der Waals surface area contributed by atoms with Gasteiger partial charge in [0.25, 0.3) is 5.56 Å². The van der Waals surface area contributed by atoms with Crippen molar-refractivity contribution in [3.63, 3.8) is 0 Å². The van der Waals surface area contributed by atoms with Crippen LogP contribution in [0, 0.1) is 6.92 Å². The number of para-hydroxylation sites is 1. The molecule has 1 saturated heterocycles. The van der Waals surface area contributed by atoms with E-state index < -0.39 is 0 Å². The van der Waals surface area contributed by atoms with Gasteiger partial charge in [0, 0.05) is 31.5 Å². The molecule has 0 spiro atoms. The van der Waals surface area contributed by atoms with Crippen molar-refractivity contribution in [3.8, 4) is 0 Å². The van der Waals surface area contributed by atoms with E-state index >= 15 is 0 Å². The van der Waals surface area contributed by atoms with Crippen LogP contribution in [0.2, 0.25) is 0 Å². The van der Waals surface area contributed by atoms with Crippen molar-refractivity contribution in [2.45, 2.75) is 32.4 Å². The summed E-state index contributed by atoms with van der Waals surface area (Å²) in [6.07, 6.45) is 6.02. The maximum absolute atomic E-state index is 12.7. The number of amides is 1. The number of nitrogens with zero attached hydrogens (tertiary/aromatic N) is 4. The first-order valence-electron chi connectivity index (χ1n) is 9.00. The lowest BCUT2D eigenvalue weighted by Crippen LogP contribution is -2.42. The molecule has 3 heterocycles. The van der Waals surface area contributed by atoms with E-state index in [1.165, 1.54) is 4.57 Å². The third-order valence-electron chi connectivity index (χ3n) is 5.21. The molecule has 26 heavy (non-hydrogen) atoms. The van der Waals surface area contributed by atoms with Gasteiger partial charge in [0.1, 0.15) is 12.4 Å². The minimum Gasteiger partial charge on any atom is -0.351 e. The van der Waals surface area contributed by atoms with E-state index in [1.54, 1.807) is 13.0 Å². The smallest absolute Gasteiger partial charge is 0.261 e. The van der Waals surface area contributed by atoms with Crippen LogP contribution in [-0.4, -0.2) is 38.0 Å². The Hall–Kier alpha value is -2.89. The molecule has 6 nitrogen and oxygen atoms in total. The van der Waals surface area contributed by atoms with Gasteiger partial charge in [0.15, 0.2) is 0 Å². The number of piperidine rings is 1. The number of aryl methyl sites for hydroxylation is 1. The van der Waals surface area contributed by atoms with E-state index in [-0.39, 0.29) is 18.0 Å². The minimum absolute atomic E-state index is 0.0155. The first kappa shape index (κ1) is 16.6. The molecule has 134 valence electrons. The Morgan fingerprint density at radius 3 is 2.54 bits per heavy atom. The van der Waals surface area contributed by atoms with Gasteiger partial charge < -0.3 is 9.47 Å². The van der Waals surface area contributed by atoms with Crippen LogP contribution in [-0.2, 0) is 11.3 Å². The molecule has 0 N–H and O–H groups in total. The third kappa shape index (κ3) is 3.03. The first-order valence-corrected chi connectivity index (χ1v) is 9.00. The zero-order valence-corrected chi connectivity index (χ0v) is 14.8. The second-order valence-corrected chi connectivity index (χ2v) is 6.81. The molecule has 1 aromatic carbocycles. The van der Waals surface area contributed by atoms with Gasteiger partial charge in [0.05, 0.1) is 10.9 Å². The molecule has 0 unspecified atom stereocenters. The Kier molecular flexibility index (Phi) is 4.32. The molecular formula is C20H22N4O2. The van der Waals surface area contributed by atoms with E-state index in [1.807, 2.05) is 35.2 Å². The first-order chi connectivity index (χ1) is 12.6. The van der Waals surface area contributed by atoms with E-state index in [0.717, 1.165) is 25.9 Å². The molecule has 0 saturated carbocycles. The van der Waals surface area contributed by atoms with Gasteiger partial charge in [-0.05, 0) is 44.0 Å². The quantitative estimate of drug-likeness (QED) is 0.729. The SMILES string of the molecule is Cc1nc2ccccc2c(=O)n1CC(=O)N1CCC(n2cccc2)CC1. The fraction of sp³-hybridized carbons (Fsp3) is 0.350. The fourth-order valence-electron chi connectivity index (χ4n) is 3.71. The van der Waals surface area contributed by atoms with Crippen molar-refractivity contribution in [2.24, 2.45) is 0 Å². The van der Waals surface area contributed by atoms with E-state index in [2.05, 4.69) is 21.9 Å².